The summed E-state index contributed by atoms with van der Waals surface area (Å²) in [5.74, 6) is 1.61. The Morgan fingerprint density at radius 3 is 2.26 bits per heavy atom. The lowest BCUT2D eigenvalue weighted by atomic mass is 9.61. The first-order chi connectivity index (χ1) is 25.6. The van der Waals surface area contributed by atoms with E-state index in [2.05, 4.69) is 22.8 Å². The van der Waals surface area contributed by atoms with E-state index in [4.69, 9.17) is 38.6 Å². The van der Waals surface area contributed by atoms with Crippen LogP contribution in [0.25, 0.3) is 11.4 Å². The lowest BCUT2D eigenvalue weighted by molar-refractivity contribution is -0.235. The number of hydrogen-bond donors (Lipinski definition) is 0. The molecule has 0 aromatic carbocycles. The summed E-state index contributed by atoms with van der Waals surface area (Å²) in [5, 5.41) is 4.81. The van der Waals surface area contributed by atoms with Crippen molar-refractivity contribution in [2.45, 2.75) is 147 Å². The van der Waals surface area contributed by atoms with Crippen LogP contribution < -0.4 is 9.80 Å². The first-order valence-electron chi connectivity index (χ1n) is 20.3. The number of ether oxygens (including phenoxy) is 4. The van der Waals surface area contributed by atoms with Crippen molar-refractivity contribution >= 4 is 24.0 Å². The van der Waals surface area contributed by atoms with Gasteiger partial charge in [-0.25, -0.2) is 14.6 Å². The number of rotatable bonds is 3. The second-order valence-corrected chi connectivity index (χ2v) is 18.4. The largest absolute Gasteiger partial charge is 0.444 e. The molecule has 0 bridgehead atoms. The molecule has 0 N–H and O–H groups in total. The summed E-state index contributed by atoms with van der Waals surface area (Å²) in [7, 11) is 0. The molecule has 5 fully saturated rings. The van der Waals surface area contributed by atoms with Gasteiger partial charge < -0.3 is 38.2 Å². The first kappa shape index (κ1) is 37.3. The predicted molar refractivity (Wildman–Crippen MR) is 202 cm³/mol. The van der Waals surface area contributed by atoms with Crippen LogP contribution in [-0.2, 0) is 30.8 Å². The maximum Gasteiger partial charge on any atom is 0.410 e. The number of nitrogens with zero attached hydrogens (tertiary/aromatic N) is 7. The van der Waals surface area contributed by atoms with Crippen molar-refractivity contribution < 1.29 is 33.1 Å². The van der Waals surface area contributed by atoms with Crippen LogP contribution in [0, 0.1) is 0 Å². The average molecular weight is 750 g/mol. The smallest absolute Gasteiger partial charge is 0.410 e. The van der Waals surface area contributed by atoms with Crippen molar-refractivity contribution in [1.29, 1.82) is 0 Å². The van der Waals surface area contributed by atoms with Crippen LogP contribution in [0.5, 0.6) is 0 Å². The molecule has 14 heteroatoms. The molecule has 8 rings (SSSR count). The van der Waals surface area contributed by atoms with Crippen molar-refractivity contribution in [3.8, 4) is 11.4 Å². The number of piperazine rings is 1. The van der Waals surface area contributed by atoms with E-state index in [1.807, 2.05) is 46.4 Å². The Morgan fingerprint density at radius 2 is 1.54 bits per heavy atom. The SMILES string of the molecule is C[C@H]1CN(C(=O)OC(C)(C)C)CCCN1c1nc(-c2noc3c2CCC[C@@]32CCCCC23OCCO3)cc(N2CCN(C(=O)OC(C)(C)C)C3(CC3)C2)n1. The number of carbonyl (C=O) groups is 2. The number of amides is 2. The van der Waals surface area contributed by atoms with E-state index in [-0.39, 0.29) is 29.2 Å². The summed E-state index contributed by atoms with van der Waals surface area (Å²) in [6, 6.07) is 1.98. The molecule has 3 spiro atoms. The molecule has 5 heterocycles. The number of hydrogen-bond acceptors (Lipinski definition) is 12. The van der Waals surface area contributed by atoms with Crippen LogP contribution in [0.2, 0.25) is 0 Å². The maximum atomic E-state index is 13.3. The highest BCUT2D eigenvalue weighted by Gasteiger charge is 2.62. The monoisotopic (exact) mass is 749 g/mol. The summed E-state index contributed by atoms with van der Waals surface area (Å²) in [6.45, 7) is 18.3. The topological polar surface area (TPSA) is 136 Å². The zero-order valence-corrected chi connectivity index (χ0v) is 33.4. The van der Waals surface area contributed by atoms with E-state index in [1.165, 1.54) is 0 Å². The van der Waals surface area contributed by atoms with Gasteiger partial charge in [0.15, 0.2) is 11.5 Å². The lowest BCUT2D eigenvalue weighted by Crippen LogP contribution is -2.58. The molecule has 3 aliphatic heterocycles. The van der Waals surface area contributed by atoms with E-state index in [0.29, 0.717) is 58.4 Å². The van der Waals surface area contributed by atoms with Gasteiger partial charge >= 0.3 is 12.2 Å². The molecule has 0 unspecified atom stereocenters. The normalized spacial score (nSPS) is 26.6. The highest BCUT2D eigenvalue weighted by molar-refractivity contribution is 5.72. The molecule has 3 saturated heterocycles. The summed E-state index contributed by atoms with van der Waals surface area (Å²) >= 11 is 0. The van der Waals surface area contributed by atoms with E-state index >= 15 is 0 Å². The first-order valence-corrected chi connectivity index (χ1v) is 20.3. The Bertz CT molecular complexity index is 1740. The quantitative estimate of drug-likeness (QED) is 0.341. The molecule has 6 aliphatic rings. The highest BCUT2D eigenvalue weighted by atomic mass is 16.7. The zero-order valence-electron chi connectivity index (χ0n) is 33.4. The van der Waals surface area contributed by atoms with Gasteiger partial charge in [0.25, 0.3) is 0 Å². The van der Waals surface area contributed by atoms with Crippen LogP contribution in [0.1, 0.15) is 118 Å². The summed E-state index contributed by atoms with van der Waals surface area (Å²) in [5.41, 5.74) is 0.755. The van der Waals surface area contributed by atoms with Crippen LogP contribution in [0.4, 0.5) is 21.4 Å². The summed E-state index contributed by atoms with van der Waals surface area (Å²) in [4.78, 5) is 45.3. The van der Waals surface area contributed by atoms with Gasteiger partial charge in [0.05, 0.1) is 24.2 Å². The predicted octanol–water partition coefficient (Wildman–Crippen LogP) is 6.45. The minimum atomic E-state index is -0.674. The number of fused-ring (bicyclic) bond motifs is 3. The van der Waals surface area contributed by atoms with Gasteiger partial charge in [-0.1, -0.05) is 11.6 Å². The Kier molecular flexibility index (Phi) is 9.34. The molecule has 54 heavy (non-hydrogen) atoms. The van der Waals surface area contributed by atoms with Crippen LogP contribution in [-0.4, -0.2) is 118 Å². The lowest BCUT2D eigenvalue weighted by Gasteiger charge is -2.50. The molecule has 14 nitrogen and oxygen atoms in total. The fourth-order valence-corrected chi connectivity index (χ4v) is 9.62. The van der Waals surface area contributed by atoms with E-state index in [1.54, 1.807) is 4.90 Å². The van der Waals surface area contributed by atoms with Gasteiger partial charge in [-0.15, -0.1) is 0 Å². The molecule has 0 radical (unpaired) electrons. The molecular weight excluding hydrogens is 690 g/mol. The molecule has 2 saturated carbocycles. The molecule has 296 valence electrons. The van der Waals surface area contributed by atoms with Gasteiger partial charge in [0.1, 0.15) is 28.4 Å². The summed E-state index contributed by atoms with van der Waals surface area (Å²) < 4.78 is 31.0. The third kappa shape index (κ3) is 6.79. The van der Waals surface area contributed by atoms with Crippen LogP contribution >= 0.6 is 0 Å². The van der Waals surface area contributed by atoms with Gasteiger partial charge in [-0.05, 0) is 99.8 Å². The van der Waals surface area contributed by atoms with Crippen molar-refractivity contribution in [1.82, 2.24) is 24.9 Å². The van der Waals surface area contributed by atoms with Gasteiger partial charge in [-0.3, -0.25) is 4.90 Å². The highest BCUT2D eigenvalue weighted by Crippen LogP contribution is 2.57. The number of anilines is 2. The second-order valence-electron chi connectivity index (χ2n) is 18.4. The zero-order chi connectivity index (χ0) is 38.1. The molecular formula is C40H59N7O7. The second kappa shape index (κ2) is 13.5. The van der Waals surface area contributed by atoms with E-state index in [9.17, 15) is 9.59 Å². The minimum absolute atomic E-state index is 0.0739. The third-order valence-electron chi connectivity index (χ3n) is 12.2. The van der Waals surface area contributed by atoms with Crippen molar-refractivity contribution in [2.75, 3.05) is 62.3 Å². The molecule has 2 aromatic heterocycles. The third-order valence-corrected chi connectivity index (χ3v) is 12.2. The summed E-state index contributed by atoms with van der Waals surface area (Å²) in [6.07, 6.45) is 8.75. The van der Waals surface area contributed by atoms with Crippen LogP contribution in [0.15, 0.2) is 10.6 Å². The van der Waals surface area contributed by atoms with Crippen LogP contribution in [0.3, 0.4) is 0 Å². The number of aromatic nitrogens is 3. The Labute approximate surface area is 319 Å². The molecule has 2 aromatic rings. The fraction of sp³-hybridized carbons (Fsp3) is 0.775. The maximum absolute atomic E-state index is 13.3. The molecule has 3 aliphatic carbocycles. The Hall–Kier alpha value is -3.65. The molecule has 2 atom stereocenters. The molecule has 2 amide bonds. The van der Waals surface area contributed by atoms with Gasteiger partial charge in [0.2, 0.25) is 5.95 Å². The fourth-order valence-electron chi connectivity index (χ4n) is 9.62. The van der Waals surface area contributed by atoms with E-state index in [0.717, 1.165) is 92.7 Å². The van der Waals surface area contributed by atoms with Gasteiger partial charge in [0, 0.05) is 63.4 Å². The Morgan fingerprint density at radius 1 is 0.833 bits per heavy atom. The van der Waals surface area contributed by atoms with Crippen molar-refractivity contribution in [2.24, 2.45) is 0 Å². The van der Waals surface area contributed by atoms with E-state index < -0.39 is 17.0 Å². The van der Waals surface area contributed by atoms with Gasteiger partial charge in [-0.2, -0.15) is 4.98 Å². The minimum Gasteiger partial charge on any atom is -0.444 e. The number of carbonyl (C=O) groups excluding carboxylic acids is 2. The van der Waals surface area contributed by atoms with Crippen molar-refractivity contribution in [3.05, 3.63) is 17.4 Å². The standard InChI is InChI=1S/C40H59N7O7/c1-27-25-44(34(48)52-36(2,3)4)18-11-19-46(27)33-41-29(24-30(42-33)45-20-21-47(38(26-45)16-17-38)35(49)53-37(5,6)7)31-28-12-10-14-39(32(28)54-43-31)13-8-9-15-40(39)50-22-23-51-40/h24,27H,8-23,25-26H2,1-7H3/t27-,39-/m0/s1. The average Bonchev–Trinajstić information content (AvgIpc) is 3.52. The Balaban J connectivity index is 1.15. The van der Waals surface area contributed by atoms with Crippen molar-refractivity contribution in [3.63, 3.8) is 0 Å².